The van der Waals surface area contributed by atoms with E-state index in [-0.39, 0.29) is 0 Å². The lowest BCUT2D eigenvalue weighted by Crippen LogP contribution is -2.66. The number of amides is 1. The van der Waals surface area contributed by atoms with Gasteiger partial charge in [-0.3, -0.25) is 19.1 Å². The Hall–Kier alpha value is -2.48. The molecule has 0 aliphatic rings. The summed E-state index contributed by atoms with van der Waals surface area (Å²) in [5.74, 6) is -41.0. The zero-order chi connectivity index (χ0) is 37.8. The van der Waals surface area contributed by atoms with Gasteiger partial charge in [-0.05, 0) is 20.8 Å². The third kappa shape index (κ3) is 8.70. The van der Waals surface area contributed by atoms with Gasteiger partial charge in [0.1, 0.15) is 11.7 Å². The maximum atomic E-state index is 15.3. The molecule has 27 heteroatoms. The molecule has 0 saturated carbocycles. The summed E-state index contributed by atoms with van der Waals surface area (Å²) >= 11 is 0. The van der Waals surface area contributed by atoms with Crippen molar-refractivity contribution in [1.82, 2.24) is 5.32 Å². The number of ether oxygens (including phenoxy) is 2. The molecule has 0 aliphatic carbocycles. The molecule has 3 unspecified atom stereocenters. The molecule has 0 rings (SSSR count). The summed E-state index contributed by atoms with van der Waals surface area (Å²) in [6, 6.07) is 0. The smallest absolute Gasteiger partial charge is 0.350 e. The second-order valence-electron chi connectivity index (χ2n) is 9.76. The Morgan fingerprint density at radius 2 is 0.913 bits per heavy atom. The van der Waals surface area contributed by atoms with E-state index in [1.54, 1.807) is 4.74 Å². The fourth-order valence-corrected chi connectivity index (χ4v) is 3.13. The molecule has 0 bridgehead atoms. The van der Waals surface area contributed by atoms with Crippen LogP contribution in [0.5, 0.6) is 0 Å². The topological polar surface area (TPSA) is 64.6 Å². The van der Waals surface area contributed by atoms with Gasteiger partial charge < -0.3 is 5.32 Å². The number of halogens is 22. The van der Waals surface area contributed by atoms with Gasteiger partial charge in [0, 0.05) is 18.4 Å². The van der Waals surface area contributed by atoms with Crippen LogP contribution in [0.25, 0.3) is 0 Å². The highest BCUT2D eigenvalue weighted by atomic mass is 19.4. The van der Waals surface area contributed by atoms with Crippen LogP contribution in [0, 0.1) is 5.92 Å². The van der Waals surface area contributed by atoms with E-state index >= 15 is 4.39 Å². The van der Waals surface area contributed by atoms with E-state index in [4.69, 9.17) is 0 Å². The van der Waals surface area contributed by atoms with Gasteiger partial charge in [-0.1, -0.05) is 0 Å². The SMILES string of the molecule is CC(=O)CC(C)(C)NC(=O)C(CC(F)(OC(F)(F)C(F)(F)C(F)(F)F)C(F)(F)F)C(F)(OC(F)(F)C(F)(F)C(F)(F)F)C(F)(F)F. The van der Waals surface area contributed by atoms with Gasteiger partial charge in [-0.15, -0.1) is 0 Å². The van der Waals surface area contributed by atoms with E-state index in [1.165, 1.54) is 0 Å². The van der Waals surface area contributed by atoms with Crippen molar-refractivity contribution in [2.45, 2.75) is 99.6 Å². The molecule has 1 amide bonds. The van der Waals surface area contributed by atoms with Crippen molar-refractivity contribution in [3.05, 3.63) is 0 Å². The molecule has 0 aromatic rings. The molecule has 0 aliphatic heterocycles. The molecule has 46 heavy (non-hydrogen) atoms. The molecule has 274 valence electrons. The van der Waals surface area contributed by atoms with E-state index in [2.05, 4.69) is 0 Å². The molecule has 0 spiro atoms. The van der Waals surface area contributed by atoms with E-state index in [0.717, 1.165) is 5.32 Å². The Labute approximate surface area is 239 Å². The van der Waals surface area contributed by atoms with Gasteiger partial charge in [-0.2, -0.15) is 87.8 Å². The predicted molar refractivity (Wildman–Crippen MR) is 99.5 cm³/mol. The Morgan fingerprint density at radius 3 is 1.20 bits per heavy atom. The number of hydrogen-bond acceptors (Lipinski definition) is 4. The normalized spacial score (nSPS) is 18.5. The van der Waals surface area contributed by atoms with Crippen LogP contribution in [0.3, 0.4) is 0 Å². The summed E-state index contributed by atoms with van der Waals surface area (Å²) < 4.78 is 297. The molecule has 1 N–H and O–H groups in total. The first-order valence-electron chi connectivity index (χ1n) is 10.9. The van der Waals surface area contributed by atoms with Crippen LogP contribution in [0.4, 0.5) is 96.6 Å². The number of ketones is 1. The molecular weight excluding hydrogens is 724 g/mol. The first kappa shape index (κ1) is 43.5. The van der Waals surface area contributed by atoms with Crippen LogP contribution in [0.15, 0.2) is 0 Å². The maximum Gasteiger partial charge on any atom is 0.462 e. The number of hydrogen-bond donors (Lipinski definition) is 1. The van der Waals surface area contributed by atoms with Gasteiger partial charge in [0.05, 0.1) is 0 Å². The minimum atomic E-state index is -7.98. The van der Waals surface area contributed by atoms with Crippen LogP contribution >= 0.6 is 0 Å². The van der Waals surface area contributed by atoms with Crippen LogP contribution in [-0.4, -0.2) is 77.7 Å². The standard InChI is InChI=1S/C19H15F22NO4/c1-6(43)4-9(2,3)42-8(44)7(11(21,15(29,30)31)46-19(40,41)13(24,25)17(35,36)37)5-10(20,14(26,27)28)45-18(38,39)12(22,23)16(32,33)34/h7H,4-5H2,1-3H3,(H,42,44). The van der Waals surface area contributed by atoms with E-state index in [0.29, 0.717) is 20.8 Å². The molecule has 5 nitrogen and oxygen atoms in total. The van der Waals surface area contributed by atoms with Gasteiger partial charge >= 0.3 is 60.5 Å². The van der Waals surface area contributed by atoms with Gasteiger partial charge in [0.15, 0.2) is 0 Å². The monoisotopic (exact) mass is 739 g/mol. The van der Waals surface area contributed by atoms with Crippen molar-refractivity contribution in [3.63, 3.8) is 0 Å². The molecule has 0 heterocycles. The molecular formula is C19H15F22NO4. The Kier molecular flexibility index (Phi) is 11.5. The number of carbonyl (C=O) groups excluding carboxylic acids is 2. The third-order valence-corrected chi connectivity index (χ3v) is 5.20. The van der Waals surface area contributed by atoms with Crippen LogP contribution in [0.1, 0.15) is 33.6 Å². The first-order chi connectivity index (χ1) is 19.6. The van der Waals surface area contributed by atoms with Crippen molar-refractivity contribution in [2.75, 3.05) is 0 Å². The second-order valence-corrected chi connectivity index (χ2v) is 9.76. The molecule has 0 aromatic carbocycles. The van der Waals surface area contributed by atoms with Gasteiger partial charge in [0.2, 0.25) is 5.91 Å². The average Bonchev–Trinajstić information content (AvgIpc) is 2.71. The fraction of sp³-hybridized carbons (Fsp3) is 0.895. The number of rotatable bonds is 13. The van der Waals surface area contributed by atoms with Crippen molar-refractivity contribution in [1.29, 1.82) is 0 Å². The van der Waals surface area contributed by atoms with Crippen molar-refractivity contribution in [2.24, 2.45) is 5.92 Å². The number of alkyl halides is 22. The first-order valence-corrected chi connectivity index (χ1v) is 10.9. The number of nitrogens with one attached hydrogen (secondary N) is 1. The van der Waals surface area contributed by atoms with E-state index in [1.807, 2.05) is 4.74 Å². The van der Waals surface area contributed by atoms with Crippen LogP contribution in [0.2, 0.25) is 0 Å². The Morgan fingerprint density at radius 1 is 0.565 bits per heavy atom. The summed E-state index contributed by atoms with van der Waals surface area (Å²) in [4.78, 5) is 23.7. The van der Waals surface area contributed by atoms with E-state index in [9.17, 15) is 102 Å². The predicted octanol–water partition coefficient (Wildman–Crippen LogP) is 7.94. The highest BCUT2D eigenvalue weighted by Crippen LogP contribution is 2.57. The summed E-state index contributed by atoms with van der Waals surface area (Å²) in [5, 5.41) is 0.872. The summed E-state index contributed by atoms with van der Waals surface area (Å²) in [6.07, 6.45) is -52.6. The quantitative estimate of drug-likeness (QED) is 0.195. The van der Waals surface area contributed by atoms with Gasteiger partial charge in [-0.25, -0.2) is 8.78 Å². The van der Waals surface area contributed by atoms with E-state index < -0.39 is 96.5 Å². The minimum absolute atomic E-state index is 0.450. The van der Waals surface area contributed by atoms with Gasteiger partial charge in [0.25, 0.3) is 0 Å². The van der Waals surface area contributed by atoms with Crippen molar-refractivity contribution >= 4 is 11.7 Å². The number of Topliss-reactive ketones (excluding diaryl/α,β-unsaturated/α-hetero) is 1. The average molecular weight is 739 g/mol. The molecule has 0 saturated heterocycles. The fourth-order valence-electron chi connectivity index (χ4n) is 3.13. The lowest BCUT2D eigenvalue weighted by molar-refractivity contribution is -0.500. The van der Waals surface area contributed by atoms with Crippen LogP contribution in [-0.2, 0) is 19.1 Å². The number of carbonyl (C=O) groups is 2. The maximum absolute atomic E-state index is 15.3. The second kappa shape index (κ2) is 12.2. The lowest BCUT2D eigenvalue weighted by atomic mass is 9.88. The highest BCUT2D eigenvalue weighted by molar-refractivity contribution is 5.82. The summed E-state index contributed by atoms with van der Waals surface area (Å²) in [5.41, 5.74) is -2.59. The Balaban J connectivity index is 7.75. The highest BCUT2D eigenvalue weighted by Gasteiger charge is 2.82. The van der Waals surface area contributed by atoms with Crippen LogP contribution < -0.4 is 5.32 Å². The van der Waals surface area contributed by atoms with Crippen molar-refractivity contribution in [3.8, 4) is 0 Å². The minimum Gasteiger partial charge on any atom is -0.350 e. The molecule has 0 aromatic heterocycles. The van der Waals surface area contributed by atoms with Crippen molar-refractivity contribution < 1.29 is 116 Å². The largest absolute Gasteiger partial charge is 0.462 e. The summed E-state index contributed by atoms with van der Waals surface area (Å²) in [7, 11) is 0. The molecule has 0 fully saturated rings. The zero-order valence-corrected chi connectivity index (χ0v) is 21.9. The lowest BCUT2D eigenvalue weighted by Gasteiger charge is -2.42. The zero-order valence-electron chi connectivity index (χ0n) is 21.9. The molecule has 0 radical (unpaired) electrons. The summed E-state index contributed by atoms with van der Waals surface area (Å²) in [6.45, 7) is 1.48. The molecule has 3 atom stereocenters. The Bertz CT molecular complexity index is 1110. The third-order valence-electron chi connectivity index (χ3n) is 5.20.